The van der Waals surface area contributed by atoms with Crippen LogP contribution in [0.3, 0.4) is 0 Å². The van der Waals surface area contributed by atoms with E-state index in [4.69, 9.17) is 4.74 Å². The number of carbonyl (C=O) groups is 2. The topological polar surface area (TPSA) is 87.1 Å². The van der Waals surface area contributed by atoms with Crippen LogP contribution in [0.15, 0.2) is 48.0 Å². The highest BCUT2D eigenvalue weighted by Gasteiger charge is 2.45. The van der Waals surface area contributed by atoms with Gasteiger partial charge in [-0.1, -0.05) is 19.1 Å². The first-order valence-corrected chi connectivity index (χ1v) is 9.11. The standard InChI is InChI=1S/C22H23NO5/c1-4-11-23-19(14-5-7-15(24)8-6-14)18(21(26)22(23)27)20(25)17-10-9-16(28-3)12-13(17)2/h5-10,12,19,24-25H,4,11H2,1-3H3/b20-18-. The van der Waals surface area contributed by atoms with Crippen LogP contribution in [0.1, 0.15) is 36.1 Å². The number of benzene rings is 2. The number of aryl methyl sites for hydroxylation is 1. The maximum atomic E-state index is 12.8. The number of carbonyl (C=O) groups excluding carboxylic acids is 2. The second-order valence-electron chi connectivity index (χ2n) is 6.76. The summed E-state index contributed by atoms with van der Waals surface area (Å²) in [4.78, 5) is 26.9. The van der Waals surface area contributed by atoms with Crippen molar-refractivity contribution in [1.29, 1.82) is 0 Å². The summed E-state index contributed by atoms with van der Waals surface area (Å²) in [6, 6.07) is 10.7. The van der Waals surface area contributed by atoms with Gasteiger partial charge < -0.3 is 19.8 Å². The number of phenols is 1. The van der Waals surface area contributed by atoms with E-state index >= 15 is 0 Å². The van der Waals surface area contributed by atoms with Gasteiger partial charge in [0.25, 0.3) is 11.7 Å². The molecule has 1 saturated heterocycles. The minimum Gasteiger partial charge on any atom is -0.508 e. The van der Waals surface area contributed by atoms with E-state index in [2.05, 4.69) is 0 Å². The van der Waals surface area contributed by atoms with Gasteiger partial charge in [0.05, 0.1) is 18.7 Å². The summed E-state index contributed by atoms with van der Waals surface area (Å²) in [5, 5.41) is 20.6. The molecule has 1 fully saturated rings. The maximum absolute atomic E-state index is 12.8. The zero-order valence-electron chi connectivity index (χ0n) is 16.1. The van der Waals surface area contributed by atoms with E-state index in [0.29, 0.717) is 29.8 Å². The smallest absolute Gasteiger partial charge is 0.295 e. The minimum atomic E-state index is -0.709. The number of rotatable bonds is 5. The molecular weight excluding hydrogens is 358 g/mol. The summed E-state index contributed by atoms with van der Waals surface area (Å²) in [7, 11) is 1.55. The Morgan fingerprint density at radius 1 is 1.14 bits per heavy atom. The molecule has 0 aliphatic carbocycles. The molecule has 6 heteroatoms. The van der Waals surface area contributed by atoms with Gasteiger partial charge in [0.2, 0.25) is 0 Å². The molecule has 1 amide bonds. The summed E-state index contributed by atoms with van der Waals surface area (Å²) in [5.74, 6) is -0.833. The number of aliphatic hydroxyl groups is 1. The first-order chi connectivity index (χ1) is 13.4. The van der Waals surface area contributed by atoms with Gasteiger partial charge in [-0.15, -0.1) is 0 Å². The van der Waals surface area contributed by atoms with Gasteiger partial charge in [-0.05, 0) is 54.8 Å². The SMILES string of the molecule is CCCN1C(=O)C(=O)/C(=C(\O)c2ccc(OC)cc2C)C1c1ccc(O)cc1. The average Bonchev–Trinajstić information content (AvgIpc) is 2.93. The van der Waals surface area contributed by atoms with Gasteiger partial charge in [0, 0.05) is 12.1 Å². The molecule has 0 radical (unpaired) electrons. The lowest BCUT2D eigenvalue weighted by Crippen LogP contribution is -2.30. The molecule has 2 aromatic carbocycles. The lowest BCUT2D eigenvalue weighted by molar-refractivity contribution is -0.139. The van der Waals surface area contributed by atoms with Crippen molar-refractivity contribution >= 4 is 17.4 Å². The number of Topliss-reactive ketones (excluding diaryl/α,β-unsaturated/α-hetero) is 1. The molecule has 1 heterocycles. The van der Waals surface area contributed by atoms with Crippen molar-refractivity contribution in [2.45, 2.75) is 26.3 Å². The van der Waals surface area contributed by atoms with Gasteiger partial charge in [-0.3, -0.25) is 9.59 Å². The van der Waals surface area contributed by atoms with Crippen molar-refractivity contribution in [2.24, 2.45) is 0 Å². The third-order valence-electron chi connectivity index (χ3n) is 4.90. The minimum absolute atomic E-state index is 0.0532. The maximum Gasteiger partial charge on any atom is 0.295 e. The Kier molecular flexibility index (Phi) is 5.40. The molecule has 1 aliphatic rings. The quantitative estimate of drug-likeness (QED) is 0.470. The van der Waals surface area contributed by atoms with Crippen LogP contribution in [0.2, 0.25) is 0 Å². The normalized spacial score (nSPS) is 18.5. The Balaban J connectivity index is 2.19. The third-order valence-corrected chi connectivity index (χ3v) is 4.90. The van der Waals surface area contributed by atoms with Crippen LogP contribution in [0, 0.1) is 6.92 Å². The number of nitrogens with zero attached hydrogens (tertiary/aromatic N) is 1. The van der Waals surface area contributed by atoms with E-state index in [0.717, 1.165) is 5.56 Å². The zero-order chi connectivity index (χ0) is 20.4. The second-order valence-corrected chi connectivity index (χ2v) is 6.76. The Labute approximate surface area is 163 Å². The van der Waals surface area contributed by atoms with Crippen LogP contribution >= 0.6 is 0 Å². The Morgan fingerprint density at radius 3 is 2.39 bits per heavy atom. The van der Waals surface area contributed by atoms with E-state index < -0.39 is 17.7 Å². The molecule has 1 unspecified atom stereocenters. The predicted molar refractivity (Wildman–Crippen MR) is 105 cm³/mol. The number of amides is 1. The molecule has 2 N–H and O–H groups in total. The van der Waals surface area contributed by atoms with Crippen molar-refractivity contribution in [3.05, 3.63) is 64.7 Å². The molecule has 2 aromatic rings. The van der Waals surface area contributed by atoms with E-state index in [9.17, 15) is 19.8 Å². The van der Waals surface area contributed by atoms with Gasteiger partial charge in [0.15, 0.2) is 0 Å². The monoisotopic (exact) mass is 381 g/mol. The predicted octanol–water partition coefficient (Wildman–Crippen LogP) is 3.54. The fourth-order valence-electron chi connectivity index (χ4n) is 3.53. The number of hydrogen-bond acceptors (Lipinski definition) is 5. The highest BCUT2D eigenvalue weighted by molar-refractivity contribution is 6.46. The van der Waals surface area contributed by atoms with Gasteiger partial charge in [-0.25, -0.2) is 0 Å². The van der Waals surface area contributed by atoms with E-state index in [-0.39, 0.29) is 17.1 Å². The molecule has 1 aliphatic heterocycles. The number of aliphatic hydroxyl groups excluding tert-OH is 1. The Hall–Kier alpha value is -3.28. The number of methoxy groups -OCH3 is 1. The van der Waals surface area contributed by atoms with Gasteiger partial charge >= 0.3 is 0 Å². The lowest BCUT2D eigenvalue weighted by atomic mass is 9.94. The van der Waals surface area contributed by atoms with E-state index in [1.54, 1.807) is 44.4 Å². The van der Waals surface area contributed by atoms with Crippen LogP contribution < -0.4 is 4.74 Å². The first-order valence-electron chi connectivity index (χ1n) is 9.11. The summed E-state index contributed by atoms with van der Waals surface area (Å²) in [6.07, 6.45) is 0.670. The molecule has 3 rings (SSSR count). The summed E-state index contributed by atoms with van der Waals surface area (Å²) < 4.78 is 5.19. The largest absolute Gasteiger partial charge is 0.508 e. The number of ketones is 1. The van der Waals surface area contributed by atoms with E-state index in [1.807, 2.05) is 6.92 Å². The number of likely N-dealkylation sites (tertiary alicyclic amines) is 1. The Morgan fingerprint density at radius 2 is 1.82 bits per heavy atom. The number of aromatic hydroxyl groups is 1. The number of hydrogen-bond donors (Lipinski definition) is 2. The number of phenolic OH excluding ortho intramolecular Hbond substituents is 1. The second kappa shape index (κ2) is 7.76. The molecule has 0 spiro atoms. The molecule has 6 nitrogen and oxygen atoms in total. The molecule has 1 atom stereocenters. The molecule has 146 valence electrons. The fourth-order valence-corrected chi connectivity index (χ4v) is 3.53. The molecular formula is C22H23NO5. The van der Waals surface area contributed by atoms with Gasteiger partial charge in [-0.2, -0.15) is 0 Å². The zero-order valence-corrected chi connectivity index (χ0v) is 16.1. The fraction of sp³-hybridized carbons (Fsp3) is 0.273. The lowest BCUT2D eigenvalue weighted by Gasteiger charge is -2.25. The summed E-state index contributed by atoms with van der Waals surface area (Å²) in [5.41, 5.74) is 1.90. The van der Waals surface area contributed by atoms with Crippen molar-refractivity contribution in [3.8, 4) is 11.5 Å². The number of ether oxygens (including phenoxy) is 1. The molecule has 0 saturated carbocycles. The van der Waals surface area contributed by atoms with E-state index in [1.165, 1.54) is 17.0 Å². The molecule has 0 bridgehead atoms. The van der Waals surface area contributed by atoms with Crippen molar-refractivity contribution in [2.75, 3.05) is 13.7 Å². The highest BCUT2D eigenvalue weighted by atomic mass is 16.5. The first kappa shape index (κ1) is 19.5. The Bertz CT molecular complexity index is 946. The summed E-state index contributed by atoms with van der Waals surface area (Å²) in [6.45, 7) is 4.10. The van der Waals surface area contributed by atoms with Gasteiger partial charge in [0.1, 0.15) is 17.3 Å². The van der Waals surface area contributed by atoms with Crippen molar-refractivity contribution in [1.82, 2.24) is 4.90 Å². The van der Waals surface area contributed by atoms with Crippen LogP contribution in [0.25, 0.3) is 5.76 Å². The highest BCUT2D eigenvalue weighted by Crippen LogP contribution is 2.40. The van der Waals surface area contributed by atoms with Crippen LogP contribution in [-0.2, 0) is 9.59 Å². The van der Waals surface area contributed by atoms with Crippen molar-refractivity contribution in [3.63, 3.8) is 0 Å². The molecule has 0 aromatic heterocycles. The van der Waals surface area contributed by atoms with Crippen LogP contribution in [0.5, 0.6) is 11.5 Å². The van der Waals surface area contributed by atoms with Crippen molar-refractivity contribution < 1.29 is 24.5 Å². The summed E-state index contributed by atoms with van der Waals surface area (Å²) >= 11 is 0. The van der Waals surface area contributed by atoms with Crippen LogP contribution in [0.4, 0.5) is 0 Å². The average molecular weight is 381 g/mol. The molecule has 28 heavy (non-hydrogen) atoms. The third kappa shape index (κ3) is 3.33. The van der Waals surface area contributed by atoms with Crippen LogP contribution in [-0.4, -0.2) is 40.5 Å².